The van der Waals surface area contributed by atoms with E-state index in [2.05, 4.69) is 0 Å². The zero-order valence-electron chi connectivity index (χ0n) is 15.1. The Hall–Kier alpha value is -3.20. The highest BCUT2D eigenvalue weighted by atomic mass is 32.2. The normalized spacial score (nSPS) is 14.6. The number of amides is 2. The second-order valence-electron chi connectivity index (χ2n) is 6.22. The maximum absolute atomic E-state index is 12.5. The molecule has 0 aromatic heterocycles. The van der Waals surface area contributed by atoms with Gasteiger partial charge < -0.3 is 9.57 Å². The van der Waals surface area contributed by atoms with Crippen LogP contribution in [0.4, 0.5) is 0 Å². The highest BCUT2D eigenvalue weighted by Crippen LogP contribution is 2.24. The van der Waals surface area contributed by atoms with Gasteiger partial charge in [0, 0.05) is 0 Å². The predicted molar refractivity (Wildman–Crippen MR) is 97.2 cm³/mol. The third kappa shape index (κ3) is 3.61. The molecule has 9 heteroatoms. The molecule has 1 aliphatic heterocycles. The van der Waals surface area contributed by atoms with Crippen LogP contribution in [-0.2, 0) is 19.5 Å². The summed E-state index contributed by atoms with van der Waals surface area (Å²) in [5.41, 5.74) is 0.248. The minimum absolute atomic E-state index is 0.0219. The topological polar surface area (TPSA) is 107 Å². The van der Waals surface area contributed by atoms with Crippen LogP contribution in [0.25, 0.3) is 0 Å². The van der Waals surface area contributed by atoms with Crippen LogP contribution in [0, 0.1) is 5.92 Å². The van der Waals surface area contributed by atoms with Crippen LogP contribution in [0.2, 0.25) is 0 Å². The number of hydrogen-bond acceptors (Lipinski definition) is 7. The maximum atomic E-state index is 12.5. The Labute approximate surface area is 161 Å². The molecule has 1 heterocycles. The smallest absolute Gasteiger partial charge is 0.337 e. The summed E-state index contributed by atoms with van der Waals surface area (Å²) < 4.78 is 30.0. The number of carbonyl (C=O) groups excluding carboxylic acids is 3. The minimum Gasteiger partial charge on any atom is -0.497 e. The molecule has 0 aliphatic carbocycles. The lowest BCUT2D eigenvalue weighted by atomic mass is 10.1. The van der Waals surface area contributed by atoms with E-state index in [4.69, 9.17) is 9.57 Å². The lowest BCUT2D eigenvalue weighted by molar-refractivity contribution is -0.172. The summed E-state index contributed by atoms with van der Waals surface area (Å²) in [4.78, 5) is 41.7. The standard InChI is InChI=1S/C19H17NO7S/c1-12(11-28(24,25)14-9-7-13(26-2)8-10-14)19(23)27-20-17(21)15-5-3-4-6-16(15)18(20)22/h3-10,12H,11H2,1-2H3. The van der Waals surface area contributed by atoms with Crippen molar-refractivity contribution in [1.82, 2.24) is 5.06 Å². The lowest BCUT2D eigenvalue weighted by Gasteiger charge is -2.16. The zero-order valence-corrected chi connectivity index (χ0v) is 15.9. The molecule has 28 heavy (non-hydrogen) atoms. The van der Waals surface area contributed by atoms with E-state index in [1.165, 1.54) is 50.4 Å². The number of fused-ring (bicyclic) bond motifs is 1. The number of nitrogens with zero attached hydrogens (tertiary/aromatic N) is 1. The van der Waals surface area contributed by atoms with Crippen molar-refractivity contribution < 1.29 is 32.4 Å². The Morgan fingerprint density at radius 2 is 1.54 bits per heavy atom. The lowest BCUT2D eigenvalue weighted by Crippen LogP contribution is -2.36. The fourth-order valence-corrected chi connectivity index (χ4v) is 4.24. The molecule has 8 nitrogen and oxygen atoms in total. The molecule has 0 bridgehead atoms. The summed E-state index contributed by atoms with van der Waals surface area (Å²) in [5.74, 6) is -3.67. The largest absolute Gasteiger partial charge is 0.497 e. The summed E-state index contributed by atoms with van der Waals surface area (Å²) in [6.45, 7) is 1.35. The maximum Gasteiger partial charge on any atom is 0.337 e. The number of benzene rings is 2. The van der Waals surface area contributed by atoms with E-state index in [0.717, 1.165) is 0 Å². The number of carbonyl (C=O) groups is 3. The monoisotopic (exact) mass is 403 g/mol. The molecule has 1 aliphatic rings. The minimum atomic E-state index is -3.79. The molecule has 0 fully saturated rings. The molecule has 0 saturated carbocycles. The first-order valence-corrected chi connectivity index (χ1v) is 9.96. The van der Waals surface area contributed by atoms with Gasteiger partial charge in [0.25, 0.3) is 11.8 Å². The molecule has 0 saturated heterocycles. The average molecular weight is 403 g/mol. The van der Waals surface area contributed by atoms with E-state index in [0.29, 0.717) is 10.8 Å². The molecule has 2 aromatic rings. The van der Waals surface area contributed by atoms with Crippen molar-refractivity contribution in [1.29, 1.82) is 0 Å². The van der Waals surface area contributed by atoms with E-state index >= 15 is 0 Å². The predicted octanol–water partition coefficient (Wildman–Crippen LogP) is 1.86. The molecular weight excluding hydrogens is 386 g/mol. The van der Waals surface area contributed by atoms with Gasteiger partial charge in [-0.1, -0.05) is 24.1 Å². The zero-order chi connectivity index (χ0) is 20.5. The number of rotatable bonds is 6. The Kier molecular flexibility index (Phi) is 5.19. The Bertz CT molecular complexity index is 1010. The first-order chi connectivity index (χ1) is 13.2. The second-order valence-corrected chi connectivity index (χ2v) is 8.25. The van der Waals surface area contributed by atoms with Crippen LogP contribution in [-0.4, -0.2) is 44.1 Å². The van der Waals surface area contributed by atoms with Crippen LogP contribution < -0.4 is 4.74 Å². The number of imide groups is 1. The first kappa shape index (κ1) is 19.6. The molecule has 3 rings (SSSR count). The molecular formula is C19H17NO7S. The van der Waals surface area contributed by atoms with Crippen molar-refractivity contribution in [2.75, 3.05) is 12.9 Å². The van der Waals surface area contributed by atoms with E-state index < -0.39 is 39.3 Å². The van der Waals surface area contributed by atoms with Gasteiger partial charge in [-0.05, 0) is 36.4 Å². The number of hydroxylamine groups is 2. The summed E-state index contributed by atoms with van der Waals surface area (Å²) in [7, 11) is -2.33. The van der Waals surface area contributed by atoms with Gasteiger partial charge in [0.05, 0.1) is 34.8 Å². The summed E-state index contributed by atoms with van der Waals surface area (Å²) in [6, 6.07) is 11.8. The molecule has 0 radical (unpaired) electrons. The highest BCUT2D eigenvalue weighted by Gasteiger charge is 2.39. The van der Waals surface area contributed by atoms with Crippen LogP contribution in [0.15, 0.2) is 53.4 Å². The Morgan fingerprint density at radius 3 is 2.04 bits per heavy atom. The van der Waals surface area contributed by atoms with Crippen molar-refractivity contribution in [3.05, 3.63) is 59.7 Å². The van der Waals surface area contributed by atoms with E-state index in [-0.39, 0.29) is 16.0 Å². The van der Waals surface area contributed by atoms with Gasteiger partial charge in [0.1, 0.15) is 5.75 Å². The molecule has 2 aromatic carbocycles. The van der Waals surface area contributed by atoms with Crippen LogP contribution in [0.5, 0.6) is 5.75 Å². The third-order valence-electron chi connectivity index (χ3n) is 4.23. The highest BCUT2D eigenvalue weighted by molar-refractivity contribution is 7.91. The van der Waals surface area contributed by atoms with Gasteiger partial charge in [-0.2, -0.15) is 0 Å². The van der Waals surface area contributed by atoms with E-state index in [1.54, 1.807) is 12.1 Å². The number of ether oxygens (including phenoxy) is 1. The third-order valence-corrected chi connectivity index (χ3v) is 6.16. The molecule has 1 atom stereocenters. The average Bonchev–Trinajstić information content (AvgIpc) is 2.93. The fourth-order valence-electron chi connectivity index (χ4n) is 2.71. The van der Waals surface area contributed by atoms with Crippen molar-refractivity contribution in [3.63, 3.8) is 0 Å². The summed E-state index contributed by atoms with van der Waals surface area (Å²) >= 11 is 0. The van der Waals surface area contributed by atoms with Gasteiger partial charge in [-0.25, -0.2) is 13.2 Å². The molecule has 146 valence electrons. The number of hydrogen-bond donors (Lipinski definition) is 0. The van der Waals surface area contributed by atoms with Gasteiger partial charge in [0.2, 0.25) is 0 Å². The van der Waals surface area contributed by atoms with Gasteiger partial charge >= 0.3 is 5.97 Å². The number of methoxy groups -OCH3 is 1. The van der Waals surface area contributed by atoms with Crippen molar-refractivity contribution in [2.24, 2.45) is 5.92 Å². The summed E-state index contributed by atoms with van der Waals surface area (Å²) in [5, 5.41) is 0.365. The van der Waals surface area contributed by atoms with Crippen LogP contribution in [0.1, 0.15) is 27.6 Å². The SMILES string of the molecule is COc1ccc(S(=O)(=O)CC(C)C(=O)ON2C(=O)c3ccccc3C2=O)cc1. The fraction of sp³-hybridized carbons (Fsp3) is 0.211. The van der Waals surface area contributed by atoms with Crippen molar-refractivity contribution >= 4 is 27.6 Å². The molecule has 0 spiro atoms. The van der Waals surface area contributed by atoms with E-state index in [1.807, 2.05) is 0 Å². The van der Waals surface area contributed by atoms with Crippen LogP contribution >= 0.6 is 0 Å². The molecule has 0 N–H and O–H groups in total. The van der Waals surface area contributed by atoms with E-state index in [9.17, 15) is 22.8 Å². The summed E-state index contributed by atoms with van der Waals surface area (Å²) in [6.07, 6.45) is 0. The van der Waals surface area contributed by atoms with Crippen molar-refractivity contribution in [2.45, 2.75) is 11.8 Å². The van der Waals surface area contributed by atoms with Crippen LogP contribution in [0.3, 0.4) is 0 Å². The molecule has 1 unspecified atom stereocenters. The Balaban J connectivity index is 1.69. The van der Waals surface area contributed by atoms with Crippen molar-refractivity contribution in [3.8, 4) is 5.75 Å². The van der Waals surface area contributed by atoms with Gasteiger partial charge in [-0.15, -0.1) is 0 Å². The quantitative estimate of drug-likeness (QED) is 0.678. The molecule has 2 amide bonds. The first-order valence-electron chi connectivity index (χ1n) is 8.31. The second kappa shape index (κ2) is 7.43. The number of sulfone groups is 1. The Morgan fingerprint density at radius 1 is 1.00 bits per heavy atom. The van der Waals surface area contributed by atoms with Gasteiger partial charge in [-0.3, -0.25) is 9.59 Å². The van der Waals surface area contributed by atoms with Gasteiger partial charge in [0.15, 0.2) is 9.84 Å².